The highest BCUT2D eigenvalue weighted by atomic mass is 35.5. The average molecular weight is 597 g/mol. The molecule has 1 saturated carbocycles. The number of carbonyl (C=O) groups excluding carboxylic acids is 3. The second-order valence-corrected chi connectivity index (χ2v) is 12.7. The predicted octanol–water partition coefficient (Wildman–Crippen LogP) is 4.32. The number of ether oxygens (including phenoxy) is 1. The van der Waals surface area contributed by atoms with Crippen LogP contribution in [-0.2, 0) is 27.4 Å². The number of hydrogen-bond acceptors (Lipinski definition) is 5. The van der Waals surface area contributed by atoms with Crippen molar-refractivity contribution in [3.63, 3.8) is 0 Å². The number of likely N-dealkylation sites (tertiary alicyclic amines) is 1. The molecule has 8 nitrogen and oxygen atoms in total. The number of halogens is 1. The molecule has 1 aliphatic heterocycles. The number of hydrogen-bond donors (Lipinski definition) is 3. The molecule has 2 aromatic carbocycles. The first-order valence-corrected chi connectivity index (χ1v) is 15.3. The van der Waals surface area contributed by atoms with Crippen molar-refractivity contribution in [3.8, 4) is 0 Å². The van der Waals surface area contributed by atoms with Crippen molar-refractivity contribution in [3.05, 3.63) is 70.7 Å². The van der Waals surface area contributed by atoms with Crippen molar-refractivity contribution < 1.29 is 24.2 Å². The van der Waals surface area contributed by atoms with Crippen LogP contribution in [0.4, 0.5) is 4.79 Å². The van der Waals surface area contributed by atoms with E-state index in [0.717, 1.165) is 36.8 Å². The minimum Gasteiger partial charge on any atom is -0.445 e. The second kappa shape index (κ2) is 14.3. The molecule has 10 heteroatoms. The van der Waals surface area contributed by atoms with Gasteiger partial charge in [-0.15, -0.1) is 0 Å². The molecule has 3 amide bonds. The van der Waals surface area contributed by atoms with Crippen LogP contribution in [0.2, 0.25) is 5.02 Å². The number of nitrogens with zero attached hydrogens (tertiary/aromatic N) is 1. The van der Waals surface area contributed by atoms with Crippen LogP contribution in [0, 0.1) is 11.8 Å². The highest BCUT2D eigenvalue weighted by Crippen LogP contribution is 2.31. The second-order valence-electron chi connectivity index (χ2n) is 11.3. The van der Waals surface area contributed by atoms with Gasteiger partial charge in [0.05, 0.1) is 15.4 Å². The largest absolute Gasteiger partial charge is 0.445 e. The van der Waals surface area contributed by atoms with E-state index in [9.17, 15) is 19.5 Å². The Morgan fingerprint density at radius 2 is 1.83 bits per heavy atom. The summed E-state index contributed by atoms with van der Waals surface area (Å²) < 4.78 is 5.41. The van der Waals surface area contributed by atoms with Crippen molar-refractivity contribution in [1.29, 1.82) is 0 Å². The molecule has 2 aliphatic rings. The van der Waals surface area contributed by atoms with Crippen LogP contribution < -0.4 is 10.6 Å². The minimum atomic E-state index is -1.29. The molecule has 2 unspecified atom stereocenters. The van der Waals surface area contributed by atoms with Gasteiger partial charge in [0, 0.05) is 17.5 Å². The van der Waals surface area contributed by atoms with Gasteiger partial charge in [-0.3, -0.25) is 9.59 Å². The first-order chi connectivity index (χ1) is 19.6. The van der Waals surface area contributed by atoms with Gasteiger partial charge >= 0.3 is 6.09 Å². The SMILES string of the molecule is CC1C[C@@]([Si])(NC(=O)[C@H](CC2CCCCC2)NC(=O)OCc2cccc(Cl)c2)C(O)N(CCc2ccccc2)C1=O. The van der Waals surface area contributed by atoms with Gasteiger partial charge < -0.3 is 25.4 Å². The quantitative estimate of drug-likeness (QED) is 0.354. The Kier molecular flexibility index (Phi) is 10.9. The third kappa shape index (κ3) is 8.56. The van der Waals surface area contributed by atoms with Gasteiger partial charge in [-0.05, 0) is 48.4 Å². The Balaban J connectivity index is 1.44. The summed E-state index contributed by atoms with van der Waals surface area (Å²) in [5, 5.41) is 16.3. The summed E-state index contributed by atoms with van der Waals surface area (Å²) in [7, 11) is 3.66. The molecular weight excluding hydrogens is 558 g/mol. The van der Waals surface area contributed by atoms with Gasteiger partial charge in [0.2, 0.25) is 11.8 Å². The number of amides is 3. The molecule has 0 bridgehead atoms. The molecule has 3 N–H and O–H groups in total. The van der Waals surface area contributed by atoms with Gasteiger partial charge in [0.1, 0.15) is 18.9 Å². The van der Waals surface area contributed by atoms with E-state index in [1.807, 2.05) is 30.3 Å². The number of rotatable bonds is 10. The Morgan fingerprint density at radius 3 is 2.54 bits per heavy atom. The molecule has 41 heavy (non-hydrogen) atoms. The lowest BCUT2D eigenvalue weighted by Gasteiger charge is -2.48. The van der Waals surface area contributed by atoms with Crippen molar-refractivity contribution in [2.45, 2.75) is 82.3 Å². The standard InChI is InChI=1S/C31H39ClN3O5Si/c1-21-19-31(41,29(38)35(28(21)37)16-15-22-9-4-2-5-10-22)34-27(36)26(18-23-11-6-3-7-12-23)33-30(39)40-20-24-13-8-14-25(32)17-24/h2,4-5,8-10,13-14,17,21,23,26,29,38H,3,6-7,11-12,15-16,18-20H2,1H3,(H,33,39)(H,34,36)/t21?,26-,29?,31-/m0/s1. The van der Waals surface area contributed by atoms with E-state index >= 15 is 0 Å². The van der Waals surface area contributed by atoms with Crippen LogP contribution in [0.3, 0.4) is 0 Å². The van der Waals surface area contributed by atoms with Crippen LogP contribution in [0.5, 0.6) is 0 Å². The lowest BCUT2D eigenvalue weighted by atomic mass is 9.84. The van der Waals surface area contributed by atoms with E-state index in [2.05, 4.69) is 20.9 Å². The Bertz CT molecular complexity index is 1200. The highest BCUT2D eigenvalue weighted by molar-refractivity contribution is 6.30. The third-order valence-corrected chi connectivity index (χ3v) is 8.88. The Morgan fingerprint density at radius 1 is 1.12 bits per heavy atom. The number of alkyl carbamates (subject to hydrolysis) is 1. The van der Waals surface area contributed by atoms with Crippen LogP contribution in [0.15, 0.2) is 54.6 Å². The summed E-state index contributed by atoms with van der Waals surface area (Å²) in [6, 6.07) is 15.9. The molecule has 2 fully saturated rings. The zero-order chi connectivity index (χ0) is 29.4. The first-order valence-electron chi connectivity index (χ1n) is 14.4. The van der Waals surface area contributed by atoms with E-state index < -0.39 is 35.4 Å². The van der Waals surface area contributed by atoms with Crippen molar-refractivity contribution >= 4 is 39.8 Å². The van der Waals surface area contributed by atoms with Gasteiger partial charge in [-0.25, -0.2) is 4.79 Å². The minimum absolute atomic E-state index is 0.0148. The van der Waals surface area contributed by atoms with E-state index in [-0.39, 0.29) is 24.9 Å². The van der Waals surface area contributed by atoms with E-state index in [1.54, 1.807) is 31.2 Å². The molecule has 3 radical (unpaired) electrons. The van der Waals surface area contributed by atoms with Crippen molar-refractivity contribution in [2.75, 3.05) is 6.54 Å². The summed E-state index contributed by atoms with van der Waals surface area (Å²) in [4.78, 5) is 41.0. The highest BCUT2D eigenvalue weighted by Gasteiger charge is 2.48. The van der Waals surface area contributed by atoms with E-state index in [4.69, 9.17) is 16.3 Å². The fraction of sp³-hybridized carbons (Fsp3) is 0.516. The zero-order valence-electron chi connectivity index (χ0n) is 23.5. The summed E-state index contributed by atoms with van der Waals surface area (Å²) in [5.41, 5.74) is 1.78. The molecular formula is C31H39ClN3O5Si. The van der Waals surface area contributed by atoms with Gasteiger partial charge in [-0.1, -0.05) is 93.1 Å². The molecule has 1 aliphatic carbocycles. The Labute approximate surface area is 250 Å². The summed E-state index contributed by atoms with van der Waals surface area (Å²) >= 11 is 6.03. The maximum absolute atomic E-state index is 13.7. The number of piperidine rings is 1. The number of carbonyl (C=O) groups is 3. The summed E-state index contributed by atoms with van der Waals surface area (Å²) in [6.45, 7) is 2.10. The third-order valence-electron chi connectivity index (χ3n) is 8.06. The molecule has 1 saturated heterocycles. The lowest BCUT2D eigenvalue weighted by Crippen LogP contribution is -2.70. The molecule has 1 heterocycles. The fourth-order valence-corrected chi connectivity index (χ4v) is 6.64. The number of aliphatic hydroxyl groups is 1. The molecule has 4 atom stereocenters. The van der Waals surface area contributed by atoms with Gasteiger partial charge in [-0.2, -0.15) is 0 Å². The van der Waals surface area contributed by atoms with Crippen LogP contribution in [-0.4, -0.2) is 62.1 Å². The normalized spacial score (nSPS) is 24.0. The Hall–Kier alpha value is -2.88. The van der Waals surface area contributed by atoms with Crippen molar-refractivity contribution in [1.82, 2.24) is 15.5 Å². The smallest absolute Gasteiger partial charge is 0.408 e. The molecule has 4 rings (SSSR count). The molecule has 219 valence electrons. The van der Waals surface area contributed by atoms with Crippen LogP contribution >= 0.6 is 11.6 Å². The monoisotopic (exact) mass is 596 g/mol. The van der Waals surface area contributed by atoms with Crippen LogP contribution in [0.25, 0.3) is 0 Å². The molecule has 0 aromatic heterocycles. The number of nitrogens with one attached hydrogen (secondary N) is 2. The lowest BCUT2D eigenvalue weighted by molar-refractivity contribution is -0.160. The first kappa shape index (κ1) is 31.1. The number of benzene rings is 2. The number of aliphatic hydroxyl groups excluding tert-OH is 1. The maximum Gasteiger partial charge on any atom is 0.408 e. The fourth-order valence-electron chi connectivity index (χ4n) is 5.84. The average Bonchev–Trinajstić information content (AvgIpc) is 2.96. The summed E-state index contributed by atoms with van der Waals surface area (Å²) in [5.74, 6) is -0.746. The van der Waals surface area contributed by atoms with Crippen LogP contribution in [0.1, 0.15) is 63.0 Å². The molecule has 2 aromatic rings. The van der Waals surface area contributed by atoms with Crippen molar-refractivity contribution in [2.24, 2.45) is 11.8 Å². The zero-order valence-corrected chi connectivity index (χ0v) is 25.2. The van der Waals surface area contributed by atoms with E-state index in [1.165, 1.54) is 11.3 Å². The topological polar surface area (TPSA) is 108 Å². The van der Waals surface area contributed by atoms with Gasteiger partial charge in [0.25, 0.3) is 0 Å². The summed E-state index contributed by atoms with van der Waals surface area (Å²) in [6.07, 6.45) is 4.56. The predicted molar refractivity (Wildman–Crippen MR) is 158 cm³/mol. The maximum atomic E-state index is 13.7. The molecule has 0 spiro atoms. The van der Waals surface area contributed by atoms with E-state index in [0.29, 0.717) is 24.4 Å². The van der Waals surface area contributed by atoms with Gasteiger partial charge in [0.15, 0.2) is 0 Å².